The summed E-state index contributed by atoms with van der Waals surface area (Å²) in [6.07, 6.45) is 12.3. The van der Waals surface area contributed by atoms with Crippen LogP contribution < -0.4 is 0 Å². The molecule has 24 nitrogen and oxygen atoms in total. The van der Waals surface area contributed by atoms with Crippen LogP contribution in [0.4, 0.5) is 0 Å². The quantitative estimate of drug-likeness (QED) is 0.0432. The standard InChI is InChI=1S/C84H88N8O16/c1-40(76-46(7)61-33-58-43(4)49(23-29-73(94)102-11)63(86-58)37-65-51(25-31-75(96)104-13)45(6)60(88-65)35-68-55-27-21-53(80(98)106-15)78(82(100)108-17)84(55,9)71(92-68)39-69(76)90-61)18-19-47-41(2)57-32-56-42(3)48(22-28-72(93)101-10)62(85-56)36-64-50(24-30-74(95)103-12)44(5)59(87-64)34-67-54-26-20-52(79(97)105-14)77(81(99)107-16)83(54,8)70(91-67)38-66(47)89-57/h18-21,26-27,32-40,77-78,87-90H,22-25,28-31H2,1-17H3/b19-18+,56-32?,57-32?,58-33?,59-34?,60-35?,61-33?,62-36?,63-37?,64-36?,65-37?,66-38?,67-34?,68-35?,69-39?,70-38?,71-39?/t40?,77-,78-,83+,84+/m0/s1. The first-order chi connectivity index (χ1) is 51.6. The van der Waals surface area contributed by atoms with E-state index in [1.807, 2.05) is 110 Å². The molecule has 4 N–H and O–H groups in total. The Labute approximate surface area is 623 Å². The number of carbonyl (C=O) groups is 8. The van der Waals surface area contributed by atoms with Gasteiger partial charge in [0.05, 0.1) is 124 Å². The van der Waals surface area contributed by atoms with Gasteiger partial charge in [0.1, 0.15) is 11.8 Å². The molecule has 6 aromatic rings. The van der Waals surface area contributed by atoms with E-state index in [1.54, 1.807) is 24.3 Å². The number of ether oxygens (including phenoxy) is 8. The molecule has 0 amide bonds. The number of aromatic nitrogens is 8. The zero-order chi connectivity index (χ0) is 77.7. The number of aryl methyl sites for hydroxylation is 6. The van der Waals surface area contributed by atoms with Crippen molar-refractivity contribution >= 4 is 131 Å². The van der Waals surface area contributed by atoms with Gasteiger partial charge in [-0.15, -0.1) is 0 Å². The lowest BCUT2D eigenvalue weighted by Crippen LogP contribution is -2.42. The lowest BCUT2D eigenvalue weighted by molar-refractivity contribution is -0.149. The maximum absolute atomic E-state index is 14.6. The number of fused-ring (bicyclic) bond motifs is 22. The second-order valence-corrected chi connectivity index (χ2v) is 28.1. The van der Waals surface area contributed by atoms with E-state index >= 15 is 0 Å². The molecule has 12 rings (SSSR count). The van der Waals surface area contributed by atoms with Gasteiger partial charge in [0.15, 0.2) is 0 Å². The van der Waals surface area contributed by atoms with Crippen LogP contribution in [0.2, 0.25) is 0 Å². The molecule has 6 aromatic heterocycles. The number of hydrogen-bond acceptors (Lipinski definition) is 20. The summed E-state index contributed by atoms with van der Waals surface area (Å²) >= 11 is 0. The number of esters is 8. The summed E-state index contributed by atoms with van der Waals surface area (Å²) in [5.41, 5.74) is 17.6. The SMILES string of the molecule is COC(=O)CCC1=C(C)c2cc3[nH]c(cc4nc(cc5[nH]c(cc1n2)c(CCC(=O)OC)c5C)C1=CC=C(C(=O)OC)[C@@H](C(=O)OC)[C@]14C)c(/C=C/C(C)c1c(C)c2cc4nc(cc5[nH]c(cc6nc(cc1[nH]2)[C@@]1(C)C6=CC=C(C(=O)OC)[C@H]1C(=O)OC)c(C)c5CCC(=O)OC)C(CCC(=O)OC)=C4C)c3C. The minimum absolute atomic E-state index is 0.0642. The molecule has 24 heteroatoms. The molecule has 0 aromatic carbocycles. The van der Waals surface area contributed by atoms with Crippen molar-refractivity contribution < 1.29 is 76.3 Å². The molecule has 16 bridgehead atoms. The van der Waals surface area contributed by atoms with Crippen molar-refractivity contribution in [2.45, 2.75) is 130 Å². The molecule has 6 aliphatic rings. The third-order valence-corrected chi connectivity index (χ3v) is 22.5. The number of H-pyrrole nitrogens is 4. The molecule has 0 radical (unpaired) electrons. The van der Waals surface area contributed by atoms with Crippen LogP contribution >= 0.6 is 0 Å². The van der Waals surface area contributed by atoms with Gasteiger partial charge >= 0.3 is 47.8 Å². The smallest absolute Gasteiger partial charge is 0.334 e. The molecule has 1 unspecified atom stereocenters. The van der Waals surface area contributed by atoms with Gasteiger partial charge in [0.2, 0.25) is 0 Å². The van der Waals surface area contributed by atoms with Crippen molar-refractivity contribution in [3.8, 4) is 0 Å². The second-order valence-electron chi connectivity index (χ2n) is 28.1. The summed E-state index contributed by atoms with van der Waals surface area (Å²) in [6.45, 7) is 17.6. The van der Waals surface area contributed by atoms with Gasteiger partial charge in [0.25, 0.3) is 0 Å². The highest BCUT2D eigenvalue weighted by atomic mass is 16.5. The van der Waals surface area contributed by atoms with Gasteiger partial charge in [-0.1, -0.05) is 43.4 Å². The van der Waals surface area contributed by atoms with E-state index in [2.05, 4.69) is 32.9 Å². The van der Waals surface area contributed by atoms with Crippen molar-refractivity contribution in [2.75, 3.05) is 56.9 Å². The summed E-state index contributed by atoms with van der Waals surface area (Å²) in [6, 6.07) is 15.4. The Bertz CT molecular complexity index is 5490. The lowest BCUT2D eigenvalue weighted by Gasteiger charge is -2.36. The first-order valence-corrected chi connectivity index (χ1v) is 35.6. The van der Waals surface area contributed by atoms with Crippen molar-refractivity contribution in [3.63, 3.8) is 0 Å². The largest absolute Gasteiger partial charge is 0.469 e. The average molecular weight is 1470 g/mol. The Hall–Kier alpha value is -11.8. The molecule has 0 saturated heterocycles. The Morgan fingerprint density at radius 1 is 0.407 bits per heavy atom. The summed E-state index contributed by atoms with van der Waals surface area (Å²) in [5, 5.41) is 0. The fraction of sp³-hybridized carbons (Fsp3) is 0.357. The number of hydrogen-bond donors (Lipinski definition) is 4. The predicted molar refractivity (Wildman–Crippen MR) is 408 cm³/mol. The zero-order valence-corrected chi connectivity index (χ0v) is 63.8. The van der Waals surface area contributed by atoms with Crippen LogP contribution in [0.5, 0.6) is 0 Å². The Morgan fingerprint density at radius 2 is 0.769 bits per heavy atom. The monoisotopic (exact) mass is 1460 g/mol. The molecule has 0 spiro atoms. The van der Waals surface area contributed by atoms with Crippen LogP contribution in [0.3, 0.4) is 0 Å². The van der Waals surface area contributed by atoms with E-state index < -0.39 is 76.3 Å². The van der Waals surface area contributed by atoms with E-state index in [1.165, 1.54) is 56.9 Å². The summed E-state index contributed by atoms with van der Waals surface area (Å²) in [5.74, 6) is -7.37. The highest BCUT2D eigenvalue weighted by Gasteiger charge is 2.55. The second kappa shape index (κ2) is 30.2. The molecule has 10 heterocycles. The number of methoxy groups -OCH3 is 8. The third kappa shape index (κ3) is 13.4. The summed E-state index contributed by atoms with van der Waals surface area (Å²) in [7, 11) is 10.5. The third-order valence-electron chi connectivity index (χ3n) is 22.5. The number of carbonyl (C=O) groups excluding carboxylic acids is 8. The van der Waals surface area contributed by atoms with Gasteiger partial charge in [0, 0.05) is 81.3 Å². The minimum Gasteiger partial charge on any atom is -0.469 e. The predicted octanol–water partition coefficient (Wildman–Crippen LogP) is 13.5. The van der Waals surface area contributed by atoms with E-state index in [0.29, 0.717) is 127 Å². The van der Waals surface area contributed by atoms with Gasteiger partial charge in [-0.3, -0.25) is 38.7 Å². The number of nitrogens with zero attached hydrogens (tertiary/aromatic N) is 4. The van der Waals surface area contributed by atoms with Crippen LogP contribution in [0.1, 0.15) is 169 Å². The molecule has 4 aliphatic heterocycles. The summed E-state index contributed by atoms with van der Waals surface area (Å²) < 4.78 is 42.3. The molecule has 560 valence electrons. The van der Waals surface area contributed by atoms with Crippen LogP contribution in [0.15, 0.2) is 90.1 Å². The van der Waals surface area contributed by atoms with Crippen LogP contribution in [0.25, 0.3) is 83.6 Å². The van der Waals surface area contributed by atoms with E-state index in [-0.39, 0.29) is 36.8 Å². The van der Waals surface area contributed by atoms with Crippen LogP contribution in [-0.4, -0.2) is 145 Å². The normalized spacial score (nSPS) is 18.2. The maximum Gasteiger partial charge on any atom is 0.334 e. The first kappa shape index (κ1) is 75.8. The van der Waals surface area contributed by atoms with Crippen molar-refractivity contribution in [1.29, 1.82) is 0 Å². The van der Waals surface area contributed by atoms with Gasteiger partial charge in [-0.2, -0.15) is 0 Å². The molecular formula is C84H88N8O16. The molecule has 5 atom stereocenters. The van der Waals surface area contributed by atoms with Crippen LogP contribution in [-0.2, 0) is 99.9 Å². The molecule has 0 saturated carbocycles. The fourth-order valence-electron chi connectivity index (χ4n) is 16.2. The fourth-order valence-corrected chi connectivity index (χ4v) is 16.2. The van der Waals surface area contributed by atoms with Gasteiger partial charge in [-0.25, -0.2) is 19.6 Å². The van der Waals surface area contributed by atoms with E-state index in [9.17, 15) is 38.4 Å². The Kier molecular flexibility index (Phi) is 21.2. The lowest BCUT2D eigenvalue weighted by atomic mass is 9.64. The van der Waals surface area contributed by atoms with Crippen molar-refractivity contribution in [1.82, 2.24) is 39.9 Å². The highest BCUT2D eigenvalue weighted by Crippen LogP contribution is 2.55. The number of allylic oxidation sites excluding steroid dienone is 11. The Balaban J connectivity index is 1.15. The molecule has 2 aliphatic carbocycles. The van der Waals surface area contributed by atoms with E-state index in [4.69, 9.17) is 57.8 Å². The summed E-state index contributed by atoms with van der Waals surface area (Å²) in [4.78, 5) is 145. The number of nitrogens with one attached hydrogen (secondary N) is 4. The number of rotatable bonds is 19. The highest BCUT2D eigenvalue weighted by molar-refractivity contribution is 6.04. The van der Waals surface area contributed by atoms with E-state index in [0.717, 1.165) is 66.8 Å². The van der Waals surface area contributed by atoms with Crippen molar-refractivity contribution in [2.24, 2.45) is 11.8 Å². The molecule has 108 heavy (non-hydrogen) atoms. The Morgan fingerprint density at radius 3 is 1.18 bits per heavy atom. The van der Waals surface area contributed by atoms with Crippen molar-refractivity contribution in [3.05, 3.63) is 180 Å². The topological polar surface area (TPSA) is 325 Å². The minimum atomic E-state index is -1.37. The maximum atomic E-state index is 14.6. The molecular weight excluding hydrogens is 1380 g/mol. The van der Waals surface area contributed by atoms with Gasteiger partial charge in [-0.05, 0) is 202 Å². The van der Waals surface area contributed by atoms with Crippen LogP contribution in [0, 0.1) is 39.5 Å². The average Bonchev–Trinajstić information content (AvgIpc) is 1.55. The molecule has 0 fully saturated rings. The van der Waals surface area contributed by atoms with Gasteiger partial charge < -0.3 is 57.8 Å². The first-order valence-electron chi connectivity index (χ1n) is 35.6. The zero-order valence-electron chi connectivity index (χ0n) is 63.8. The number of aromatic amines is 4.